The van der Waals surface area contributed by atoms with Crippen molar-refractivity contribution >= 4 is 22.3 Å². The summed E-state index contributed by atoms with van der Waals surface area (Å²) in [6.45, 7) is 1.75. The van der Waals surface area contributed by atoms with Crippen molar-refractivity contribution in [1.29, 1.82) is 0 Å². The number of nitrogens with zero attached hydrogens (tertiary/aromatic N) is 2. The minimum Gasteiger partial charge on any atom is -0.476 e. The molecule has 0 aliphatic heterocycles. The molecule has 0 aromatic carbocycles. The molecule has 2 rings (SSSR count). The molecule has 2 aromatic heterocycles. The number of imidazole rings is 1. The topological polar surface area (TPSA) is 54.6 Å². The molecule has 0 radical (unpaired) electrons. The molecule has 1 N–H and O–H groups in total. The van der Waals surface area contributed by atoms with Gasteiger partial charge in [0, 0.05) is 11.6 Å². The Bertz CT molecular complexity index is 443. The summed E-state index contributed by atoms with van der Waals surface area (Å²) in [7, 11) is 0. The molecular weight excluding hydrogens is 176 g/mol. The Hall–Kier alpha value is -1.36. The van der Waals surface area contributed by atoms with Gasteiger partial charge in [-0.3, -0.25) is 4.40 Å². The van der Waals surface area contributed by atoms with Crippen LogP contribution in [-0.2, 0) is 0 Å². The van der Waals surface area contributed by atoms with Crippen LogP contribution in [0.5, 0.6) is 0 Å². The number of aromatic nitrogens is 2. The standard InChI is InChI=1S/C7H6N2O2S/c1-4-5(6(10)11)8-7-9(4)2-3-12-7/h2-3H,1H3,(H,10,11). The Kier molecular flexibility index (Phi) is 1.41. The van der Waals surface area contributed by atoms with E-state index in [1.165, 1.54) is 11.3 Å². The van der Waals surface area contributed by atoms with Crippen LogP contribution in [0, 0.1) is 6.92 Å². The molecule has 5 heteroatoms. The number of hydrogen-bond donors (Lipinski definition) is 1. The van der Waals surface area contributed by atoms with Gasteiger partial charge in [0.2, 0.25) is 0 Å². The maximum absolute atomic E-state index is 10.6. The molecule has 0 aliphatic rings. The highest BCUT2D eigenvalue weighted by Crippen LogP contribution is 2.15. The molecule has 0 atom stereocenters. The van der Waals surface area contributed by atoms with Gasteiger partial charge in [0.15, 0.2) is 10.7 Å². The monoisotopic (exact) mass is 182 g/mol. The summed E-state index contributed by atoms with van der Waals surface area (Å²) in [5.74, 6) is -0.969. The first kappa shape index (κ1) is 7.30. The van der Waals surface area contributed by atoms with E-state index >= 15 is 0 Å². The lowest BCUT2D eigenvalue weighted by molar-refractivity contribution is 0.0690. The van der Waals surface area contributed by atoms with Crippen molar-refractivity contribution in [1.82, 2.24) is 9.38 Å². The van der Waals surface area contributed by atoms with Crippen molar-refractivity contribution in [2.45, 2.75) is 6.92 Å². The first-order valence-corrected chi connectivity index (χ1v) is 4.23. The van der Waals surface area contributed by atoms with E-state index in [-0.39, 0.29) is 5.69 Å². The lowest BCUT2D eigenvalue weighted by Gasteiger charge is -1.88. The zero-order valence-electron chi connectivity index (χ0n) is 6.31. The number of aromatic carboxylic acids is 1. The summed E-state index contributed by atoms with van der Waals surface area (Å²) in [6.07, 6.45) is 1.81. The fourth-order valence-corrected chi connectivity index (χ4v) is 1.86. The van der Waals surface area contributed by atoms with E-state index in [9.17, 15) is 4.79 Å². The highest BCUT2D eigenvalue weighted by atomic mass is 32.1. The van der Waals surface area contributed by atoms with E-state index in [2.05, 4.69) is 4.98 Å². The van der Waals surface area contributed by atoms with E-state index in [0.29, 0.717) is 5.69 Å². The summed E-state index contributed by atoms with van der Waals surface area (Å²) in [4.78, 5) is 15.3. The zero-order valence-corrected chi connectivity index (χ0v) is 7.13. The van der Waals surface area contributed by atoms with Gasteiger partial charge in [-0.05, 0) is 6.92 Å². The van der Waals surface area contributed by atoms with Gasteiger partial charge in [-0.15, -0.1) is 11.3 Å². The van der Waals surface area contributed by atoms with Crippen molar-refractivity contribution in [2.75, 3.05) is 0 Å². The van der Waals surface area contributed by atoms with Crippen LogP contribution >= 0.6 is 11.3 Å². The molecule has 62 valence electrons. The van der Waals surface area contributed by atoms with Gasteiger partial charge < -0.3 is 5.11 Å². The number of carboxylic acids is 1. The molecule has 12 heavy (non-hydrogen) atoms. The summed E-state index contributed by atoms with van der Waals surface area (Å²) in [5.41, 5.74) is 0.820. The predicted molar refractivity (Wildman–Crippen MR) is 44.8 cm³/mol. The van der Waals surface area contributed by atoms with Gasteiger partial charge in [0.05, 0.1) is 5.69 Å². The summed E-state index contributed by atoms with van der Waals surface area (Å²) < 4.78 is 1.77. The van der Waals surface area contributed by atoms with E-state index < -0.39 is 5.97 Å². The third-order valence-electron chi connectivity index (χ3n) is 1.70. The van der Waals surface area contributed by atoms with Gasteiger partial charge in [0.25, 0.3) is 0 Å². The first-order chi connectivity index (χ1) is 5.70. The Balaban J connectivity index is 2.78. The van der Waals surface area contributed by atoms with Crippen LogP contribution in [0.4, 0.5) is 0 Å². The number of carboxylic acid groups (broad SMARTS) is 1. The van der Waals surface area contributed by atoms with E-state index in [1.54, 1.807) is 11.3 Å². The van der Waals surface area contributed by atoms with Gasteiger partial charge in [-0.1, -0.05) is 0 Å². The number of hydrogen-bond acceptors (Lipinski definition) is 3. The Morgan fingerprint density at radius 1 is 1.75 bits per heavy atom. The van der Waals surface area contributed by atoms with Crippen LogP contribution in [0.2, 0.25) is 0 Å². The van der Waals surface area contributed by atoms with Crippen molar-refractivity contribution in [3.8, 4) is 0 Å². The number of aryl methyl sites for hydroxylation is 1. The Morgan fingerprint density at radius 2 is 2.50 bits per heavy atom. The van der Waals surface area contributed by atoms with Crippen molar-refractivity contribution < 1.29 is 9.90 Å². The minimum atomic E-state index is -0.969. The summed E-state index contributed by atoms with van der Waals surface area (Å²) in [5, 5.41) is 10.6. The number of rotatable bonds is 1. The second kappa shape index (κ2) is 2.31. The largest absolute Gasteiger partial charge is 0.476 e. The fraction of sp³-hybridized carbons (Fsp3) is 0.143. The smallest absolute Gasteiger partial charge is 0.356 e. The van der Waals surface area contributed by atoms with E-state index in [0.717, 1.165) is 4.96 Å². The first-order valence-electron chi connectivity index (χ1n) is 3.35. The van der Waals surface area contributed by atoms with E-state index in [4.69, 9.17) is 5.11 Å². The molecule has 0 unspecified atom stereocenters. The fourth-order valence-electron chi connectivity index (χ4n) is 1.10. The van der Waals surface area contributed by atoms with E-state index in [1.807, 2.05) is 11.6 Å². The molecule has 2 heterocycles. The SMILES string of the molecule is Cc1c(C(=O)O)nc2sccn12. The molecule has 0 fully saturated rings. The molecular formula is C7H6N2O2S. The molecule has 0 bridgehead atoms. The number of fused-ring (bicyclic) bond motifs is 1. The molecule has 0 aliphatic carbocycles. The van der Waals surface area contributed by atoms with Gasteiger partial charge in [-0.25, -0.2) is 9.78 Å². The van der Waals surface area contributed by atoms with Crippen LogP contribution in [0.3, 0.4) is 0 Å². The van der Waals surface area contributed by atoms with Gasteiger partial charge >= 0.3 is 5.97 Å². The minimum absolute atomic E-state index is 0.141. The van der Waals surface area contributed by atoms with Crippen LogP contribution < -0.4 is 0 Å². The maximum Gasteiger partial charge on any atom is 0.356 e. The van der Waals surface area contributed by atoms with Crippen LogP contribution in [0.25, 0.3) is 4.96 Å². The van der Waals surface area contributed by atoms with Crippen LogP contribution in [0.1, 0.15) is 16.2 Å². The van der Waals surface area contributed by atoms with Crippen LogP contribution in [0.15, 0.2) is 11.6 Å². The summed E-state index contributed by atoms with van der Waals surface area (Å²) >= 11 is 1.43. The number of carbonyl (C=O) groups is 1. The highest BCUT2D eigenvalue weighted by Gasteiger charge is 2.14. The zero-order chi connectivity index (χ0) is 8.72. The molecule has 0 saturated carbocycles. The second-order valence-electron chi connectivity index (χ2n) is 2.41. The van der Waals surface area contributed by atoms with Crippen LogP contribution in [-0.4, -0.2) is 20.5 Å². The molecule has 0 amide bonds. The third kappa shape index (κ3) is 0.831. The second-order valence-corrected chi connectivity index (χ2v) is 3.28. The van der Waals surface area contributed by atoms with Crippen molar-refractivity contribution in [3.05, 3.63) is 23.0 Å². The average Bonchev–Trinajstić information content (AvgIpc) is 2.53. The lowest BCUT2D eigenvalue weighted by Crippen LogP contribution is -1.99. The highest BCUT2D eigenvalue weighted by molar-refractivity contribution is 7.15. The molecule has 0 saturated heterocycles. The Labute approximate surface area is 72.1 Å². The van der Waals surface area contributed by atoms with Crippen molar-refractivity contribution in [2.24, 2.45) is 0 Å². The van der Waals surface area contributed by atoms with Gasteiger partial charge in [-0.2, -0.15) is 0 Å². The average molecular weight is 182 g/mol. The number of thiazole rings is 1. The molecule has 2 aromatic rings. The lowest BCUT2D eigenvalue weighted by atomic mass is 10.3. The molecule has 4 nitrogen and oxygen atoms in total. The maximum atomic E-state index is 10.6. The Morgan fingerprint density at radius 3 is 3.08 bits per heavy atom. The summed E-state index contributed by atoms with van der Waals surface area (Å²) in [6, 6.07) is 0. The third-order valence-corrected chi connectivity index (χ3v) is 2.46. The van der Waals surface area contributed by atoms with Crippen molar-refractivity contribution in [3.63, 3.8) is 0 Å². The molecule has 0 spiro atoms. The quantitative estimate of drug-likeness (QED) is 0.725. The normalized spacial score (nSPS) is 10.8. The van der Waals surface area contributed by atoms with Gasteiger partial charge in [0.1, 0.15) is 0 Å². The predicted octanol–water partition coefficient (Wildman–Crippen LogP) is 1.40.